The molecule has 0 radical (unpaired) electrons. The zero-order valence-electron chi connectivity index (χ0n) is 13.9. The standard InChI is InChI=1S/C18H14F4N2O3/c19-10-9-11(20)17(22)18(16(10)21)23-14(25)5-6-15(26)24-7-8-27-13-4-2-1-3-12(13)24/h1-4,9H,5-8H2,(H,23,25). The molecule has 5 nitrogen and oxygen atoms in total. The predicted molar refractivity (Wildman–Crippen MR) is 88.4 cm³/mol. The number of anilines is 2. The van der Waals surface area contributed by atoms with Gasteiger partial charge in [0.15, 0.2) is 23.3 Å². The minimum absolute atomic E-state index is 0.0414. The second kappa shape index (κ2) is 7.65. The average molecular weight is 382 g/mol. The van der Waals surface area contributed by atoms with Crippen LogP contribution in [0.15, 0.2) is 30.3 Å². The lowest BCUT2D eigenvalue weighted by Crippen LogP contribution is -2.38. The molecule has 1 N–H and O–H groups in total. The highest BCUT2D eigenvalue weighted by atomic mass is 19.2. The van der Waals surface area contributed by atoms with Gasteiger partial charge >= 0.3 is 0 Å². The maximum absolute atomic E-state index is 13.6. The third-order valence-electron chi connectivity index (χ3n) is 3.97. The summed E-state index contributed by atoms with van der Waals surface area (Å²) in [7, 11) is 0. The summed E-state index contributed by atoms with van der Waals surface area (Å²) in [6, 6.07) is 6.91. The first-order valence-corrected chi connectivity index (χ1v) is 8.03. The van der Waals surface area contributed by atoms with Gasteiger partial charge in [-0.25, -0.2) is 17.6 Å². The number of ether oxygens (including phenoxy) is 1. The SMILES string of the molecule is O=C(CCC(=O)N1CCOc2ccccc21)Nc1c(F)c(F)cc(F)c1F. The van der Waals surface area contributed by atoms with Crippen LogP contribution in [0, 0.1) is 23.3 Å². The molecule has 0 aliphatic carbocycles. The third-order valence-corrected chi connectivity index (χ3v) is 3.97. The summed E-state index contributed by atoms with van der Waals surface area (Å²) >= 11 is 0. The number of fused-ring (bicyclic) bond motifs is 1. The molecule has 0 bridgehead atoms. The van der Waals surface area contributed by atoms with Crippen LogP contribution in [-0.4, -0.2) is 25.0 Å². The summed E-state index contributed by atoms with van der Waals surface area (Å²) in [5.74, 6) is -7.51. The van der Waals surface area contributed by atoms with Gasteiger partial charge < -0.3 is 15.0 Å². The lowest BCUT2D eigenvalue weighted by atomic mass is 10.2. The Morgan fingerprint density at radius 2 is 1.70 bits per heavy atom. The number of rotatable bonds is 4. The van der Waals surface area contributed by atoms with E-state index >= 15 is 0 Å². The Hall–Kier alpha value is -3.10. The fourth-order valence-electron chi connectivity index (χ4n) is 2.67. The van der Waals surface area contributed by atoms with Gasteiger partial charge in [0, 0.05) is 18.9 Å². The fraction of sp³-hybridized carbons (Fsp3) is 0.222. The monoisotopic (exact) mass is 382 g/mol. The zero-order valence-corrected chi connectivity index (χ0v) is 13.9. The Morgan fingerprint density at radius 1 is 1.04 bits per heavy atom. The maximum Gasteiger partial charge on any atom is 0.227 e. The van der Waals surface area contributed by atoms with Gasteiger partial charge in [-0.15, -0.1) is 0 Å². The van der Waals surface area contributed by atoms with E-state index in [1.807, 2.05) is 0 Å². The maximum atomic E-state index is 13.6. The number of hydrogen-bond acceptors (Lipinski definition) is 3. The van der Waals surface area contributed by atoms with Gasteiger partial charge in [0.1, 0.15) is 18.0 Å². The summed E-state index contributed by atoms with van der Waals surface area (Å²) in [5, 5.41) is 1.77. The molecule has 0 fully saturated rings. The molecule has 0 spiro atoms. The highest BCUT2D eigenvalue weighted by Crippen LogP contribution is 2.31. The van der Waals surface area contributed by atoms with Crippen molar-refractivity contribution in [3.05, 3.63) is 53.6 Å². The van der Waals surface area contributed by atoms with Crippen LogP contribution in [0.3, 0.4) is 0 Å². The van der Waals surface area contributed by atoms with Crippen molar-refractivity contribution >= 4 is 23.2 Å². The molecular formula is C18H14F4N2O3. The number of hydrogen-bond donors (Lipinski definition) is 1. The molecule has 0 saturated heterocycles. The van der Waals surface area contributed by atoms with Crippen molar-refractivity contribution in [1.29, 1.82) is 0 Å². The summed E-state index contributed by atoms with van der Waals surface area (Å²) in [6.07, 6.45) is -0.684. The molecule has 2 amide bonds. The minimum atomic E-state index is -1.71. The van der Waals surface area contributed by atoms with Crippen LogP contribution in [0.1, 0.15) is 12.8 Å². The Bertz CT molecular complexity index is 878. The van der Waals surface area contributed by atoms with Crippen LogP contribution in [0.5, 0.6) is 5.75 Å². The molecule has 27 heavy (non-hydrogen) atoms. The molecule has 2 aromatic rings. The van der Waals surface area contributed by atoms with Gasteiger partial charge in [-0.2, -0.15) is 0 Å². The number of amides is 2. The largest absolute Gasteiger partial charge is 0.490 e. The molecule has 0 saturated carbocycles. The molecule has 0 atom stereocenters. The number of halogens is 4. The minimum Gasteiger partial charge on any atom is -0.490 e. The first kappa shape index (κ1) is 18.7. The van der Waals surface area contributed by atoms with E-state index in [0.29, 0.717) is 11.4 Å². The predicted octanol–water partition coefficient (Wildman–Crippen LogP) is 3.39. The Morgan fingerprint density at radius 3 is 2.41 bits per heavy atom. The van der Waals surface area contributed by atoms with Crippen LogP contribution >= 0.6 is 0 Å². The van der Waals surface area contributed by atoms with Crippen LogP contribution in [0.25, 0.3) is 0 Å². The van der Waals surface area contributed by atoms with Crippen molar-refractivity contribution in [2.75, 3.05) is 23.4 Å². The molecule has 1 aliphatic rings. The van der Waals surface area contributed by atoms with Crippen LogP contribution in [0.2, 0.25) is 0 Å². The van der Waals surface area contributed by atoms with Crippen molar-refractivity contribution < 1.29 is 31.9 Å². The highest BCUT2D eigenvalue weighted by molar-refractivity contribution is 5.99. The van der Waals surface area contributed by atoms with Gasteiger partial charge in [-0.1, -0.05) is 12.1 Å². The van der Waals surface area contributed by atoms with Crippen molar-refractivity contribution in [1.82, 2.24) is 0 Å². The van der Waals surface area contributed by atoms with Crippen LogP contribution in [-0.2, 0) is 9.59 Å². The van der Waals surface area contributed by atoms with Crippen molar-refractivity contribution in [3.63, 3.8) is 0 Å². The van der Waals surface area contributed by atoms with Gasteiger partial charge in [-0.3, -0.25) is 9.59 Å². The van der Waals surface area contributed by atoms with E-state index in [2.05, 4.69) is 0 Å². The molecule has 0 unspecified atom stereocenters. The van der Waals surface area contributed by atoms with Crippen molar-refractivity contribution in [2.45, 2.75) is 12.8 Å². The summed E-state index contributed by atoms with van der Waals surface area (Å²) in [5.41, 5.74) is -0.667. The number of benzene rings is 2. The Labute approximate surface area is 151 Å². The van der Waals surface area contributed by atoms with Crippen molar-refractivity contribution in [2.24, 2.45) is 0 Å². The summed E-state index contributed by atoms with van der Waals surface area (Å²) < 4.78 is 58.9. The van der Waals surface area contributed by atoms with E-state index < -0.39 is 47.2 Å². The molecule has 3 rings (SSSR count). The third kappa shape index (κ3) is 3.86. The van der Waals surface area contributed by atoms with Gasteiger partial charge in [0.05, 0.1) is 12.2 Å². The number of para-hydroxylation sites is 2. The van der Waals surface area contributed by atoms with Crippen molar-refractivity contribution in [3.8, 4) is 5.75 Å². The lowest BCUT2D eigenvalue weighted by molar-refractivity contribution is -0.122. The second-order valence-electron chi connectivity index (χ2n) is 5.75. The summed E-state index contributed by atoms with van der Waals surface area (Å²) in [4.78, 5) is 25.7. The second-order valence-corrected chi connectivity index (χ2v) is 5.75. The van der Waals surface area contributed by atoms with Gasteiger partial charge in [0.2, 0.25) is 11.8 Å². The molecule has 142 valence electrons. The van der Waals surface area contributed by atoms with E-state index in [4.69, 9.17) is 4.74 Å². The quantitative estimate of drug-likeness (QED) is 0.652. The molecule has 0 aromatic heterocycles. The number of nitrogens with one attached hydrogen (secondary N) is 1. The van der Waals surface area contributed by atoms with E-state index in [0.717, 1.165) is 0 Å². The average Bonchev–Trinajstić information content (AvgIpc) is 2.67. The smallest absolute Gasteiger partial charge is 0.227 e. The van der Waals surface area contributed by atoms with E-state index in [1.54, 1.807) is 29.6 Å². The van der Waals surface area contributed by atoms with E-state index in [-0.39, 0.29) is 25.6 Å². The first-order valence-electron chi connectivity index (χ1n) is 8.03. The molecule has 2 aromatic carbocycles. The Balaban J connectivity index is 1.65. The molecular weight excluding hydrogens is 368 g/mol. The summed E-state index contributed by atoms with van der Waals surface area (Å²) in [6.45, 7) is 0.573. The van der Waals surface area contributed by atoms with Gasteiger partial charge in [0.25, 0.3) is 0 Å². The van der Waals surface area contributed by atoms with Crippen LogP contribution in [0.4, 0.5) is 28.9 Å². The van der Waals surface area contributed by atoms with Gasteiger partial charge in [-0.05, 0) is 12.1 Å². The highest BCUT2D eigenvalue weighted by Gasteiger charge is 2.25. The number of carbonyl (C=O) groups is 2. The normalized spacial score (nSPS) is 13.0. The molecule has 1 aliphatic heterocycles. The topological polar surface area (TPSA) is 58.6 Å². The Kier molecular flexibility index (Phi) is 5.29. The lowest BCUT2D eigenvalue weighted by Gasteiger charge is -2.29. The number of carbonyl (C=O) groups excluding carboxylic acids is 2. The van der Waals surface area contributed by atoms with Crippen LogP contribution < -0.4 is 15.0 Å². The van der Waals surface area contributed by atoms with E-state index in [9.17, 15) is 27.2 Å². The fourth-order valence-corrected chi connectivity index (χ4v) is 2.67. The first-order chi connectivity index (χ1) is 12.9. The molecule has 9 heteroatoms. The molecule has 1 heterocycles. The number of nitrogens with zero attached hydrogens (tertiary/aromatic N) is 1. The zero-order chi connectivity index (χ0) is 19.6. The van der Waals surface area contributed by atoms with E-state index in [1.165, 1.54) is 4.90 Å².